The topological polar surface area (TPSA) is 61.0 Å². The highest BCUT2D eigenvalue weighted by Gasteiger charge is 2.23. The van der Waals surface area contributed by atoms with Crippen molar-refractivity contribution in [2.24, 2.45) is 11.8 Å². The minimum absolute atomic E-state index is 0.0772. The molecule has 0 aromatic carbocycles. The lowest BCUT2D eigenvalue weighted by Gasteiger charge is -2.18. The number of aromatic amines is 1. The van der Waals surface area contributed by atoms with Gasteiger partial charge in [0.2, 0.25) is 0 Å². The van der Waals surface area contributed by atoms with Gasteiger partial charge in [0, 0.05) is 25.3 Å². The van der Waals surface area contributed by atoms with Gasteiger partial charge in [0.25, 0.3) is 5.91 Å². The maximum absolute atomic E-state index is 11.9. The number of rotatable bonds is 5. The minimum Gasteiger partial charge on any atom is -0.350 e. The van der Waals surface area contributed by atoms with Gasteiger partial charge in [-0.25, -0.2) is 0 Å². The summed E-state index contributed by atoms with van der Waals surface area (Å²) in [6.07, 6.45) is 1.17. The van der Waals surface area contributed by atoms with Crippen molar-refractivity contribution < 1.29 is 4.79 Å². The van der Waals surface area contributed by atoms with Gasteiger partial charge in [-0.1, -0.05) is 13.8 Å². The number of nitrogens with zero attached hydrogens (tertiary/aromatic N) is 2. The molecular formula is C14H24N4O. The van der Waals surface area contributed by atoms with Gasteiger partial charge in [-0.05, 0) is 37.8 Å². The Balaban J connectivity index is 1.73. The zero-order valence-electron chi connectivity index (χ0n) is 12.1. The van der Waals surface area contributed by atoms with E-state index in [4.69, 9.17) is 0 Å². The molecule has 0 saturated carbocycles. The summed E-state index contributed by atoms with van der Waals surface area (Å²) in [5.74, 6) is 1.20. The second-order valence-corrected chi connectivity index (χ2v) is 5.95. The molecular weight excluding hydrogens is 240 g/mol. The Morgan fingerprint density at radius 3 is 3.05 bits per heavy atom. The van der Waals surface area contributed by atoms with Crippen molar-refractivity contribution in [1.82, 2.24) is 20.4 Å². The molecule has 1 aromatic rings. The van der Waals surface area contributed by atoms with Gasteiger partial charge in [-0.3, -0.25) is 9.89 Å². The summed E-state index contributed by atoms with van der Waals surface area (Å²) in [6.45, 7) is 10.5. The number of hydrogen-bond acceptors (Lipinski definition) is 3. The van der Waals surface area contributed by atoms with E-state index < -0.39 is 0 Å². The van der Waals surface area contributed by atoms with E-state index in [-0.39, 0.29) is 5.91 Å². The summed E-state index contributed by atoms with van der Waals surface area (Å²) >= 11 is 0. The number of aromatic nitrogens is 2. The highest BCUT2D eigenvalue weighted by molar-refractivity contribution is 5.92. The molecule has 1 aliphatic heterocycles. The fourth-order valence-corrected chi connectivity index (χ4v) is 2.62. The van der Waals surface area contributed by atoms with Crippen molar-refractivity contribution in [3.63, 3.8) is 0 Å². The minimum atomic E-state index is -0.0772. The van der Waals surface area contributed by atoms with Gasteiger partial charge in [-0.2, -0.15) is 5.10 Å². The maximum Gasteiger partial charge on any atom is 0.271 e. The lowest BCUT2D eigenvalue weighted by Crippen LogP contribution is -2.32. The van der Waals surface area contributed by atoms with Crippen molar-refractivity contribution in [1.29, 1.82) is 0 Å². The van der Waals surface area contributed by atoms with Crippen LogP contribution in [0.2, 0.25) is 0 Å². The molecule has 0 unspecified atom stereocenters. The van der Waals surface area contributed by atoms with E-state index in [1.165, 1.54) is 6.42 Å². The fourth-order valence-electron chi connectivity index (χ4n) is 2.62. The van der Waals surface area contributed by atoms with E-state index in [9.17, 15) is 4.79 Å². The number of aryl methyl sites for hydroxylation is 1. The summed E-state index contributed by atoms with van der Waals surface area (Å²) in [7, 11) is 0. The molecule has 5 nitrogen and oxygen atoms in total. The zero-order valence-corrected chi connectivity index (χ0v) is 12.1. The predicted molar refractivity (Wildman–Crippen MR) is 75.0 cm³/mol. The molecule has 2 N–H and O–H groups in total. The summed E-state index contributed by atoms with van der Waals surface area (Å²) in [5, 5.41) is 9.73. The monoisotopic (exact) mass is 264 g/mol. The molecule has 1 atom stereocenters. The lowest BCUT2D eigenvalue weighted by atomic mass is 10.1. The molecule has 2 heterocycles. The van der Waals surface area contributed by atoms with Crippen LogP contribution in [0.15, 0.2) is 6.07 Å². The van der Waals surface area contributed by atoms with Gasteiger partial charge in [0.15, 0.2) is 0 Å². The number of nitrogens with one attached hydrogen (secondary N) is 2. The van der Waals surface area contributed by atoms with Crippen LogP contribution < -0.4 is 5.32 Å². The van der Waals surface area contributed by atoms with E-state index in [0.717, 1.165) is 31.9 Å². The molecule has 0 aliphatic carbocycles. The molecule has 1 aliphatic rings. The van der Waals surface area contributed by atoms with Crippen LogP contribution in [0.3, 0.4) is 0 Å². The van der Waals surface area contributed by atoms with E-state index in [0.29, 0.717) is 17.5 Å². The third-order valence-corrected chi connectivity index (χ3v) is 3.48. The van der Waals surface area contributed by atoms with E-state index in [1.54, 1.807) is 6.07 Å². The number of H-pyrrole nitrogens is 1. The molecule has 0 radical (unpaired) electrons. The zero-order chi connectivity index (χ0) is 13.8. The quantitative estimate of drug-likeness (QED) is 0.845. The number of hydrogen-bond donors (Lipinski definition) is 2. The molecule has 0 spiro atoms. The van der Waals surface area contributed by atoms with Gasteiger partial charge in [0.05, 0.1) is 0 Å². The highest BCUT2D eigenvalue weighted by Crippen LogP contribution is 2.16. The van der Waals surface area contributed by atoms with Crippen LogP contribution in [0, 0.1) is 18.8 Å². The predicted octanol–water partition coefficient (Wildman–Crippen LogP) is 1.43. The largest absolute Gasteiger partial charge is 0.350 e. The van der Waals surface area contributed by atoms with Crippen LogP contribution in [0.4, 0.5) is 0 Å². The third-order valence-electron chi connectivity index (χ3n) is 3.48. The number of carbonyl (C=O) groups excluding carboxylic acids is 1. The van der Waals surface area contributed by atoms with Gasteiger partial charge in [0.1, 0.15) is 5.69 Å². The van der Waals surface area contributed by atoms with E-state index in [1.807, 2.05) is 6.92 Å². The maximum atomic E-state index is 11.9. The van der Waals surface area contributed by atoms with Crippen LogP contribution in [0.5, 0.6) is 0 Å². The van der Waals surface area contributed by atoms with Crippen LogP contribution in [-0.4, -0.2) is 47.2 Å². The lowest BCUT2D eigenvalue weighted by molar-refractivity contribution is 0.0942. The van der Waals surface area contributed by atoms with Crippen molar-refractivity contribution in [2.75, 3.05) is 26.2 Å². The molecule has 1 fully saturated rings. The normalized spacial score (nSPS) is 20.1. The van der Waals surface area contributed by atoms with Crippen molar-refractivity contribution in [3.05, 3.63) is 17.5 Å². The molecule has 19 heavy (non-hydrogen) atoms. The van der Waals surface area contributed by atoms with Crippen LogP contribution >= 0.6 is 0 Å². The molecule has 1 amide bonds. The number of likely N-dealkylation sites (tertiary alicyclic amines) is 1. The first-order valence-electron chi connectivity index (χ1n) is 7.07. The van der Waals surface area contributed by atoms with Crippen molar-refractivity contribution in [3.8, 4) is 0 Å². The molecule has 1 aromatic heterocycles. The third kappa shape index (κ3) is 4.06. The Morgan fingerprint density at radius 1 is 1.63 bits per heavy atom. The number of carbonyl (C=O) groups is 1. The summed E-state index contributed by atoms with van der Waals surface area (Å²) in [5.41, 5.74) is 1.39. The van der Waals surface area contributed by atoms with Crippen LogP contribution in [-0.2, 0) is 0 Å². The molecule has 5 heteroatoms. The van der Waals surface area contributed by atoms with Gasteiger partial charge < -0.3 is 10.2 Å². The summed E-state index contributed by atoms with van der Waals surface area (Å²) < 4.78 is 0. The van der Waals surface area contributed by atoms with Gasteiger partial charge in [-0.15, -0.1) is 0 Å². The van der Waals surface area contributed by atoms with Gasteiger partial charge >= 0.3 is 0 Å². The molecule has 0 bridgehead atoms. The molecule has 106 valence electrons. The summed E-state index contributed by atoms with van der Waals surface area (Å²) in [6, 6.07) is 1.77. The Kier molecular flexibility index (Phi) is 4.58. The standard InChI is InChI=1S/C14H24N4O/c1-10(2)8-18-5-4-12(9-18)7-15-14(19)13-6-11(3)16-17-13/h6,10,12H,4-5,7-9H2,1-3H3,(H,15,19)(H,16,17)/t12-/m1/s1. The molecule has 1 saturated heterocycles. The average Bonchev–Trinajstić information content (AvgIpc) is 2.94. The first-order valence-corrected chi connectivity index (χ1v) is 7.07. The van der Waals surface area contributed by atoms with Crippen molar-refractivity contribution in [2.45, 2.75) is 27.2 Å². The van der Waals surface area contributed by atoms with E-state index >= 15 is 0 Å². The Bertz CT molecular complexity index is 427. The first-order chi connectivity index (χ1) is 9.04. The Hall–Kier alpha value is -1.36. The molecule has 2 rings (SSSR count). The first kappa shape index (κ1) is 14.1. The van der Waals surface area contributed by atoms with Crippen LogP contribution in [0.25, 0.3) is 0 Å². The Morgan fingerprint density at radius 2 is 2.42 bits per heavy atom. The second-order valence-electron chi connectivity index (χ2n) is 5.95. The SMILES string of the molecule is Cc1cc(C(=O)NC[C@H]2CCN(CC(C)C)C2)n[nH]1. The van der Waals surface area contributed by atoms with E-state index in [2.05, 4.69) is 34.3 Å². The average molecular weight is 264 g/mol. The fraction of sp³-hybridized carbons (Fsp3) is 0.714. The Labute approximate surface area is 114 Å². The summed E-state index contributed by atoms with van der Waals surface area (Å²) in [4.78, 5) is 14.4. The smallest absolute Gasteiger partial charge is 0.271 e. The van der Waals surface area contributed by atoms with Crippen LogP contribution in [0.1, 0.15) is 36.5 Å². The number of amides is 1. The second kappa shape index (κ2) is 6.19. The highest BCUT2D eigenvalue weighted by atomic mass is 16.1. The van der Waals surface area contributed by atoms with Crippen molar-refractivity contribution >= 4 is 5.91 Å².